The van der Waals surface area contributed by atoms with Crippen LogP contribution in [0.15, 0.2) is 48.5 Å². The maximum Gasteiger partial charge on any atom is 0.175 e. The minimum atomic E-state index is 0.360. The molecule has 0 heterocycles. The Labute approximate surface area is 126 Å². The van der Waals surface area contributed by atoms with Crippen molar-refractivity contribution >= 4 is 28.7 Å². The zero-order valence-electron chi connectivity index (χ0n) is 12.0. The number of nitrogens with zero attached hydrogens (tertiary/aromatic N) is 1. The summed E-state index contributed by atoms with van der Waals surface area (Å²) in [5, 5.41) is 0.360. The van der Waals surface area contributed by atoms with Crippen LogP contribution >= 0.6 is 12.2 Å². The van der Waals surface area contributed by atoms with Gasteiger partial charge in [-0.1, -0.05) is 38.1 Å². The highest BCUT2D eigenvalue weighted by molar-refractivity contribution is 7.80. The van der Waals surface area contributed by atoms with E-state index in [9.17, 15) is 0 Å². The maximum atomic E-state index is 5.90. The largest absolute Gasteiger partial charge is 0.376 e. The number of hydrogen-bond donors (Lipinski definition) is 1. The van der Waals surface area contributed by atoms with Gasteiger partial charge in [-0.2, -0.15) is 0 Å². The van der Waals surface area contributed by atoms with Gasteiger partial charge in [0.1, 0.15) is 0 Å². The first-order valence-corrected chi connectivity index (χ1v) is 7.34. The van der Waals surface area contributed by atoms with Crippen LogP contribution in [0.25, 0.3) is 0 Å². The Morgan fingerprint density at radius 2 is 1.20 bits per heavy atom. The first-order valence-electron chi connectivity index (χ1n) is 6.93. The molecule has 0 bridgehead atoms. The molecule has 3 heteroatoms. The average Bonchev–Trinajstić information content (AvgIpc) is 2.48. The molecule has 0 unspecified atom stereocenters. The molecule has 0 aliphatic carbocycles. The normalized spacial score (nSPS) is 10.3. The lowest BCUT2D eigenvalue weighted by Gasteiger charge is -2.23. The third-order valence-corrected chi connectivity index (χ3v) is 3.61. The maximum absolute atomic E-state index is 5.90. The predicted octanol–water partition coefficient (Wildman–Crippen LogP) is 4.19. The molecular weight excluding hydrogens is 264 g/mol. The fourth-order valence-corrected chi connectivity index (χ4v) is 2.38. The van der Waals surface area contributed by atoms with E-state index in [-0.39, 0.29) is 0 Å². The second-order valence-corrected chi connectivity index (χ2v) is 5.13. The van der Waals surface area contributed by atoms with Crippen molar-refractivity contribution in [2.45, 2.75) is 26.7 Å². The number of hydrogen-bond acceptors (Lipinski definition) is 1. The van der Waals surface area contributed by atoms with Crippen LogP contribution in [0, 0.1) is 0 Å². The Morgan fingerprint density at radius 3 is 1.45 bits per heavy atom. The van der Waals surface area contributed by atoms with Gasteiger partial charge in [-0.15, -0.1) is 0 Å². The standard InChI is InChI=1S/C17H20N2S/c1-3-13-5-9-15(10-6-13)19(17(18)20)16-11-7-14(4-2)8-12-16/h5-12H,3-4H2,1-2H3,(H2,18,20). The Hall–Kier alpha value is -1.87. The average molecular weight is 284 g/mol. The lowest BCUT2D eigenvalue weighted by atomic mass is 10.1. The number of anilines is 2. The molecule has 0 radical (unpaired) electrons. The second-order valence-electron chi connectivity index (χ2n) is 4.71. The highest BCUT2D eigenvalue weighted by Crippen LogP contribution is 2.26. The lowest BCUT2D eigenvalue weighted by molar-refractivity contribution is 1.13. The van der Waals surface area contributed by atoms with Crippen molar-refractivity contribution in [3.8, 4) is 0 Å². The van der Waals surface area contributed by atoms with Crippen molar-refractivity contribution in [1.82, 2.24) is 0 Å². The molecule has 104 valence electrons. The Kier molecular flexibility index (Phi) is 4.74. The molecule has 0 amide bonds. The second kappa shape index (κ2) is 6.53. The van der Waals surface area contributed by atoms with Crippen molar-refractivity contribution in [3.63, 3.8) is 0 Å². The van der Waals surface area contributed by atoms with Crippen molar-refractivity contribution in [2.24, 2.45) is 5.73 Å². The summed E-state index contributed by atoms with van der Waals surface area (Å²) in [6, 6.07) is 16.7. The van der Waals surface area contributed by atoms with Gasteiger partial charge in [0.05, 0.1) is 0 Å². The summed E-state index contributed by atoms with van der Waals surface area (Å²) in [5.74, 6) is 0. The molecule has 0 saturated carbocycles. The molecule has 0 aliphatic heterocycles. The van der Waals surface area contributed by atoms with Gasteiger partial charge < -0.3 is 5.73 Å². The van der Waals surface area contributed by atoms with Crippen LogP contribution in [-0.4, -0.2) is 5.11 Å². The van der Waals surface area contributed by atoms with Crippen LogP contribution in [0.5, 0.6) is 0 Å². The van der Waals surface area contributed by atoms with Crippen LogP contribution in [0.4, 0.5) is 11.4 Å². The SMILES string of the molecule is CCc1ccc(N(C(N)=S)c2ccc(CC)cc2)cc1. The van der Waals surface area contributed by atoms with Gasteiger partial charge in [-0.25, -0.2) is 0 Å². The molecule has 0 fully saturated rings. The van der Waals surface area contributed by atoms with Crippen LogP contribution in [0.1, 0.15) is 25.0 Å². The summed E-state index contributed by atoms with van der Waals surface area (Å²) in [6.07, 6.45) is 2.05. The smallest absolute Gasteiger partial charge is 0.175 e. The Balaban J connectivity index is 2.36. The summed E-state index contributed by atoms with van der Waals surface area (Å²) in [7, 11) is 0. The number of nitrogens with two attached hydrogens (primary N) is 1. The molecule has 0 spiro atoms. The summed E-state index contributed by atoms with van der Waals surface area (Å²) < 4.78 is 0. The molecule has 2 aromatic rings. The van der Waals surface area contributed by atoms with Gasteiger partial charge in [0, 0.05) is 11.4 Å². The summed E-state index contributed by atoms with van der Waals surface area (Å²) in [4.78, 5) is 1.90. The van der Waals surface area contributed by atoms with Crippen LogP contribution in [0.2, 0.25) is 0 Å². The van der Waals surface area contributed by atoms with E-state index in [1.54, 1.807) is 0 Å². The van der Waals surface area contributed by atoms with Crippen molar-refractivity contribution < 1.29 is 0 Å². The minimum Gasteiger partial charge on any atom is -0.376 e. The molecule has 0 aliphatic rings. The van der Waals surface area contributed by atoms with E-state index >= 15 is 0 Å². The van der Waals surface area contributed by atoms with Gasteiger partial charge in [-0.05, 0) is 60.5 Å². The molecule has 2 rings (SSSR count). The third-order valence-electron chi connectivity index (χ3n) is 3.43. The van der Waals surface area contributed by atoms with E-state index in [0.29, 0.717) is 5.11 Å². The monoisotopic (exact) mass is 284 g/mol. The summed E-state index contributed by atoms with van der Waals surface area (Å²) in [6.45, 7) is 4.29. The van der Waals surface area contributed by atoms with Gasteiger partial charge in [-0.3, -0.25) is 4.90 Å². The van der Waals surface area contributed by atoms with E-state index in [1.807, 2.05) is 4.90 Å². The molecule has 0 saturated heterocycles. The van der Waals surface area contributed by atoms with Gasteiger partial charge >= 0.3 is 0 Å². The molecule has 2 N–H and O–H groups in total. The molecule has 0 aromatic heterocycles. The van der Waals surface area contributed by atoms with Crippen LogP contribution in [-0.2, 0) is 12.8 Å². The Bertz CT molecular complexity index is 525. The number of aryl methyl sites for hydroxylation is 2. The fourth-order valence-electron chi connectivity index (χ4n) is 2.16. The minimum absolute atomic E-state index is 0.360. The highest BCUT2D eigenvalue weighted by Gasteiger charge is 2.11. The van der Waals surface area contributed by atoms with Gasteiger partial charge in [0.25, 0.3) is 0 Å². The van der Waals surface area contributed by atoms with Crippen LogP contribution in [0.3, 0.4) is 0 Å². The van der Waals surface area contributed by atoms with E-state index < -0.39 is 0 Å². The number of thiocarbonyl (C=S) groups is 1. The highest BCUT2D eigenvalue weighted by atomic mass is 32.1. The third kappa shape index (κ3) is 3.17. The first kappa shape index (κ1) is 14.5. The van der Waals surface area contributed by atoms with Gasteiger partial charge in [0.15, 0.2) is 5.11 Å². The molecule has 2 nitrogen and oxygen atoms in total. The zero-order valence-corrected chi connectivity index (χ0v) is 12.8. The molecular formula is C17H20N2S. The van der Waals surface area contributed by atoms with E-state index in [1.165, 1.54) is 11.1 Å². The van der Waals surface area contributed by atoms with Crippen molar-refractivity contribution in [1.29, 1.82) is 0 Å². The number of benzene rings is 2. The summed E-state index contributed by atoms with van der Waals surface area (Å²) in [5.41, 5.74) is 10.5. The Morgan fingerprint density at radius 1 is 0.850 bits per heavy atom. The topological polar surface area (TPSA) is 29.3 Å². The van der Waals surface area contributed by atoms with E-state index in [2.05, 4.69) is 62.4 Å². The molecule has 2 aromatic carbocycles. The fraction of sp³-hybridized carbons (Fsp3) is 0.235. The molecule has 20 heavy (non-hydrogen) atoms. The zero-order chi connectivity index (χ0) is 14.5. The van der Waals surface area contributed by atoms with Crippen molar-refractivity contribution in [2.75, 3.05) is 4.90 Å². The molecule has 0 atom stereocenters. The quantitative estimate of drug-likeness (QED) is 0.853. The van der Waals surface area contributed by atoms with E-state index in [4.69, 9.17) is 18.0 Å². The van der Waals surface area contributed by atoms with Gasteiger partial charge in [0.2, 0.25) is 0 Å². The lowest BCUT2D eigenvalue weighted by Crippen LogP contribution is -2.31. The van der Waals surface area contributed by atoms with Crippen molar-refractivity contribution in [3.05, 3.63) is 59.7 Å². The first-order chi connectivity index (χ1) is 9.65. The predicted molar refractivity (Wildman–Crippen MR) is 90.6 cm³/mol. The summed E-state index contributed by atoms with van der Waals surface area (Å²) >= 11 is 5.21. The van der Waals surface area contributed by atoms with E-state index in [0.717, 1.165) is 24.2 Å². The number of rotatable bonds is 4. The van der Waals surface area contributed by atoms with Crippen LogP contribution < -0.4 is 10.6 Å².